The summed E-state index contributed by atoms with van der Waals surface area (Å²) in [6.07, 6.45) is 3.07. The zero-order valence-electron chi connectivity index (χ0n) is 14.5. The SMILES string of the molecule is Cc1nc2sc(C(=O)OCC(=O)N3CCCC[C@@H]3C)c(C)c2c(=O)[nH]1. The van der Waals surface area contributed by atoms with Gasteiger partial charge < -0.3 is 14.6 Å². The lowest BCUT2D eigenvalue weighted by molar-refractivity contribution is -0.137. The first kappa shape index (κ1) is 17.6. The molecule has 0 bridgehead atoms. The van der Waals surface area contributed by atoms with Crippen molar-refractivity contribution in [3.8, 4) is 0 Å². The van der Waals surface area contributed by atoms with E-state index in [-0.39, 0.29) is 24.1 Å². The summed E-state index contributed by atoms with van der Waals surface area (Å²) in [7, 11) is 0. The minimum absolute atomic E-state index is 0.175. The van der Waals surface area contributed by atoms with E-state index in [1.54, 1.807) is 18.7 Å². The highest BCUT2D eigenvalue weighted by Crippen LogP contribution is 2.27. The fourth-order valence-electron chi connectivity index (χ4n) is 3.19. The molecule has 0 saturated carbocycles. The highest BCUT2D eigenvalue weighted by molar-refractivity contribution is 7.20. The molecule has 0 radical (unpaired) electrons. The molecule has 1 aliphatic heterocycles. The molecular weight excluding hydrogens is 342 g/mol. The maximum Gasteiger partial charge on any atom is 0.349 e. The van der Waals surface area contributed by atoms with Crippen LogP contribution in [0.25, 0.3) is 10.2 Å². The highest BCUT2D eigenvalue weighted by Gasteiger charge is 2.25. The van der Waals surface area contributed by atoms with Crippen molar-refractivity contribution in [3.05, 3.63) is 26.6 Å². The van der Waals surface area contributed by atoms with Gasteiger partial charge in [0.15, 0.2) is 6.61 Å². The molecule has 1 fully saturated rings. The van der Waals surface area contributed by atoms with Crippen molar-refractivity contribution in [2.24, 2.45) is 0 Å². The van der Waals surface area contributed by atoms with Gasteiger partial charge in [-0.3, -0.25) is 9.59 Å². The number of H-pyrrole nitrogens is 1. The first-order valence-corrected chi connectivity index (χ1v) is 9.16. The van der Waals surface area contributed by atoms with Gasteiger partial charge in [-0.05, 0) is 45.6 Å². The minimum atomic E-state index is -0.587. The average Bonchev–Trinajstić information content (AvgIpc) is 2.89. The van der Waals surface area contributed by atoms with Crippen LogP contribution in [-0.4, -0.2) is 45.9 Å². The Morgan fingerprint density at radius 2 is 2.12 bits per heavy atom. The summed E-state index contributed by atoms with van der Waals surface area (Å²) in [5.41, 5.74) is 0.269. The first-order chi connectivity index (χ1) is 11.9. The van der Waals surface area contributed by atoms with Gasteiger partial charge in [0.05, 0.1) is 5.39 Å². The molecule has 2 aromatic heterocycles. The number of ether oxygens (including phenoxy) is 1. The molecule has 0 aromatic carbocycles. The van der Waals surface area contributed by atoms with Crippen molar-refractivity contribution in [1.29, 1.82) is 0 Å². The second-order valence-corrected chi connectivity index (χ2v) is 7.39. The summed E-state index contributed by atoms with van der Waals surface area (Å²) >= 11 is 1.12. The van der Waals surface area contributed by atoms with Crippen LogP contribution in [0.15, 0.2) is 4.79 Å². The predicted octanol–water partition coefficient (Wildman–Crippen LogP) is 2.16. The number of fused-ring (bicyclic) bond motifs is 1. The van der Waals surface area contributed by atoms with E-state index < -0.39 is 5.97 Å². The standard InChI is InChI=1S/C17H21N3O4S/c1-9-6-4-5-7-20(9)12(21)8-24-17(23)14-10(2)13-15(22)18-11(3)19-16(13)25-14/h9H,4-8H2,1-3H3,(H,18,19,22)/t9-/m0/s1. The predicted molar refractivity (Wildman–Crippen MR) is 95.0 cm³/mol. The van der Waals surface area contributed by atoms with E-state index in [0.29, 0.717) is 33.0 Å². The van der Waals surface area contributed by atoms with Crippen LogP contribution < -0.4 is 5.56 Å². The van der Waals surface area contributed by atoms with E-state index in [1.165, 1.54) is 0 Å². The number of amides is 1. The van der Waals surface area contributed by atoms with E-state index in [2.05, 4.69) is 9.97 Å². The number of nitrogens with one attached hydrogen (secondary N) is 1. The molecule has 3 rings (SSSR count). The lowest BCUT2D eigenvalue weighted by Crippen LogP contribution is -2.44. The third-order valence-corrected chi connectivity index (χ3v) is 5.72. The van der Waals surface area contributed by atoms with Crippen LogP contribution in [0.1, 0.15) is 47.2 Å². The number of likely N-dealkylation sites (tertiary alicyclic amines) is 1. The zero-order valence-corrected chi connectivity index (χ0v) is 15.4. The van der Waals surface area contributed by atoms with Crippen LogP contribution in [0, 0.1) is 13.8 Å². The lowest BCUT2D eigenvalue weighted by Gasteiger charge is -2.33. The minimum Gasteiger partial charge on any atom is -0.451 e. The summed E-state index contributed by atoms with van der Waals surface area (Å²) in [5, 5.41) is 0.401. The Morgan fingerprint density at radius 3 is 2.84 bits per heavy atom. The third-order valence-electron chi connectivity index (χ3n) is 4.55. The molecule has 1 aliphatic rings. The normalized spacial score (nSPS) is 17.7. The van der Waals surface area contributed by atoms with E-state index >= 15 is 0 Å². The third kappa shape index (κ3) is 3.44. The van der Waals surface area contributed by atoms with Gasteiger partial charge in [-0.25, -0.2) is 9.78 Å². The monoisotopic (exact) mass is 363 g/mol. The number of aryl methyl sites for hydroxylation is 2. The summed E-state index contributed by atoms with van der Waals surface area (Å²) in [4.78, 5) is 46.2. The van der Waals surface area contributed by atoms with Gasteiger partial charge in [-0.1, -0.05) is 0 Å². The molecule has 1 N–H and O–H groups in total. The molecule has 3 heterocycles. The molecule has 1 atom stereocenters. The van der Waals surface area contributed by atoms with Crippen molar-refractivity contribution in [3.63, 3.8) is 0 Å². The van der Waals surface area contributed by atoms with Crippen LogP contribution >= 0.6 is 11.3 Å². The van der Waals surface area contributed by atoms with Crippen LogP contribution in [0.2, 0.25) is 0 Å². The summed E-state index contributed by atoms with van der Waals surface area (Å²) < 4.78 is 5.21. The largest absolute Gasteiger partial charge is 0.451 e. The number of thiophene rings is 1. The quantitative estimate of drug-likeness (QED) is 0.844. The van der Waals surface area contributed by atoms with Gasteiger partial charge >= 0.3 is 5.97 Å². The van der Waals surface area contributed by atoms with Gasteiger partial charge in [0, 0.05) is 12.6 Å². The van der Waals surface area contributed by atoms with Crippen molar-refractivity contribution in [2.75, 3.05) is 13.2 Å². The molecule has 0 spiro atoms. The van der Waals surface area contributed by atoms with E-state index in [1.807, 2.05) is 6.92 Å². The smallest absolute Gasteiger partial charge is 0.349 e. The summed E-state index contributed by atoms with van der Waals surface area (Å²) in [6, 6.07) is 0.178. The highest BCUT2D eigenvalue weighted by atomic mass is 32.1. The number of esters is 1. The molecule has 2 aromatic rings. The van der Waals surface area contributed by atoms with Crippen LogP contribution in [0.4, 0.5) is 0 Å². The topological polar surface area (TPSA) is 92.4 Å². The molecule has 0 aliphatic carbocycles. The van der Waals surface area contributed by atoms with Crippen LogP contribution in [0.5, 0.6) is 0 Å². The Balaban J connectivity index is 1.74. The number of hydrogen-bond donors (Lipinski definition) is 1. The van der Waals surface area contributed by atoms with Crippen molar-refractivity contribution < 1.29 is 14.3 Å². The molecule has 25 heavy (non-hydrogen) atoms. The maximum atomic E-state index is 12.4. The molecule has 134 valence electrons. The second kappa shape index (κ2) is 6.95. The second-order valence-electron chi connectivity index (χ2n) is 6.40. The molecule has 1 amide bonds. The number of piperidine rings is 1. The number of nitrogens with zero attached hydrogens (tertiary/aromatic N) is 2. The molecule has 7 nitrogen and oxygen atoms in total. The molecule has 8 heteroatoms. The average molecular weight is 363 g/mol. The van der Waals surface area contributed by atoms with Crippen LogP contribution in [-0.2, 0) is 9.53 Å². The van der Waals surface area contributed by atoms with E-state index in [4.69, 9.17) is 4.74 Å². The molecule has 0 unspecified atom stereocenters. The van der Waals surface area contributed by atoms with Crippen molar-refractivity contribution in [2.45, 2.75) is 46.1 Å². The Morgan fingerprint density at radius 1 is 1.36 bits per heavy atom. The van der Waals surface area contributed by atoms with Gasteiger partial charge in [-0.15, -0.1) is 11.3 Å². The van der Waals surface area contributed by atoms with Gasteiger partial charge in [-0.2, -0.15) is 0 Å². The van der Waals surface area contributed by atoms with Crippen molar-refractivity contribution in [1.82, 2.24) is 14.9 Å². The number of aromatic amines is 1. The number of carbonyl (C=O) groups is 2. The fourth-order valence-corrected chi connectivity index (χ4v) is 4.31. The van der Waals surface area contributed by atoms with Gasteiger partial charge in [0.1, 0.15) is 15.5 Å². The Labute approximate surface area is 149 Å². The van der Waals surface area contributed by atoms with Crippen molar-refractivity contribution >= 4 is 33.4 Å². The fraction of sp³-hybridized carbons (Fsp3) is 0.529. The molecular formula is C17H21N3O4S. The summed E-state index contributed by atoms with van der Waals surface area (Å²) in [5.74, 6) is -0.269. The Kier molecular flexibility index (Phi) is 4.89. The number of carbonyl (C=O) groups excluding carboxylic acids is 2. The van der Waals surface area contributed by atoms with Gasteiger partial charge in [0.2, 0.25) is 0 Å². The number of aromatic nitrogens is 2. The zero-order chi connectivity index (χ0) is 18.1. The number of hydrogen-bond acceptors (Lipinski definition) is 6. The molecule has 1 saturated heterocycles. The van der Waals surface area contributed by atoms with Gasteiger partial charge in [0.25, 0.3) is 11.5 Å². The summed E-state index contributed by atoms with van der Waals surface area (Å²) in [6.45, 7) is 5.82. The van der Waals surface area contributed by atoms with Crippen LogP contribution in [0.3, 0.4) is 0 Å². The van der Waals surface area contributed by atoms with E-state index in [9.17, 15) is 14.4 Å². The van der Waals surface area contributed by atoms with E-state index in [0.717, 1.165) is 30.6 Å². The Bertz CT molecular complexity index is 886. The first-order valence-electron chi connectivity index (χ1n) is 8.35. The Hall–Kier alpha value is -2.22. The lowest BCUT2D eigenvalue weighted by atomic mass is 10.0. The number of rotatable bonds is 3. The maximum absolute atomic E-state index is 12.4.